The van der Waals surface area contributed by atoms with Crippen LogP contribution in [0.2, 0.25) is 0 Å². The topological polar surface area (TPSA) is 37.4 Å². The van der Waals surface area contributed by atoms with Gasteiger partial charge < -0.3 is 0 Å². The van der Waals surface area contributed by atoms with Gasteiger partial charge in [0.1, 0.15) is 6.04 Å². The molecule has 122 valence electrons. The predicted octanol–water partition coefficient (Wildman–Crippen LogP) is 3.41. The first-order valence-corrected chi connectivity index (χ1v) is 9.07. The summed E-state index contributed by atoms with van der Waals surface area (Å²) in [4.78, 5) is 0.184. The fourth-order valence-corrected chi connectivity index (χ4v) is 3.54. The van der Waals surface area contributed by atoms with Crippen molar-refractivity contribution in [2.75, 3.05) is 0 Å². The maximum atomic E-state index is 13.0. The third kappa shape index (κ3) is 3.98. The van der Waals surface area contributed by atoms with Gasteiger partial charge in [-0.1, -0.05) is 48.7 Å². The molecule has 0 radical (unpaired) electrons. The average Bonchev–Trinajstić information content (AvgIpc) is 2.59. The van der Waals surface area contributed by atoms with Gasteiger partial charge in [0.2, 0.25) is 0 Å². The van der Waals surface area contributed by atoms with Gasteiger partial charge in [0.25, 0.3) is 10.0 Å². The van der Waals surface area contributed by atoms with E-state index in [1.807, 2.05) is 44.2 Å². The number of hydrogen-bond donors (Lipinski definition) is 0. The van der Waals surface area contributed by atoms with Crippen LogP contribution in [0.25, 0.3) is 0 Å². The fourth-order valence-electron chi connectivity index (χ4n) is 2.12. The molecule has 1 unspecified atom stereocenters. The van der Waals surface area contributed by atoms with E-state index in [1.165, 1.54) is 0 Å². The first kappa shape index (κ1) is 17.7. The van der Waals surface area contributed by atoms with Gasteiger partial charge in [0, 0.05) is 11.6 Å². The molecule has 2 rings (SSSR count). The Morgan fingerprint density at radius 1 is 1.08 bits per heavy atom. The lowest BCUT2D eigenvalue weighted by Gasteiger charge is -2.23. The van der Waals surface area contributed by atoms with E-state index in [1.54, 1.807) is 24.3 Å². The van der Waals surface area contributed by atoms with E-state index in [0.29, 0.717) is 6.42 Å². The van der Waals surface area contributed by atoms with Crippen molar-refractivity contribution >= 4 is 10.0 Å². The van der Waals surface area contributed by atoms with Crippen molar-refractivity contribution < 1.29 is 8.42 Å². The van der Waals surface area contributed by atoms with Crippen LogP contribution < -0.4 is 0 Å². The first-order valence-electron chi connectivity index (χ1n) is 7.63. The van der Waals surface area contributed by atoms with Crippen LogP contribution >= 0.6 is 0 Å². The molecule has 0 aliphatic heterocycles. The molecule has 1 atom stereocenters. The maximum Gasteiger partial charge on any atom is 0.272 e. The molecular formula is C20H19NO2S. The number of rotatable bonds is 4. The van der Waals surface area contributed by atoms with Crippen molar-refractivity contribution in [2.24, 2.45) is 0 Å². The summed E-state index contributed by atoms with van der Waals surface area (Å²) in [5, 5.41) is 0. The molecule has 3 nitrogen and oxygen atoms in total. The van der Waals surface area contributed by atoms with E-state index in [-0.39, 0.29) is 4.90 Å². The Bertz CT molecular complexity index is 883. The Labute approximate surface area is 144 Å². The Balaban J connectivity index is 2.49. The predicted molar refractivity (Wildman–Crippen MR) is 96.4 cm³/mol. The van der Waals surface area contributed by atoms with Gasteiger partial charge >= 0.3 is 0 Å². The fraction of sp³-hybridized carbons (Fsp3) is 0.200. The van der Waals surface area contributed by atoms with Crippen molar-refractivity contribution in [2.45, 2.75) is 31.2 Å². The second-order valence-electron chi connectivity index (χ2n) is 5.31. The standard InChI is InChI=1S/C20H19NO2S/c1-4-19(5-2)21(16-15-18-9-7-6-8-10-18)24(22,23)20-13-11-17(3)12-14-20/h1,6-14,19H,5H2,2-3H3. The summed E-state index contributed by atoms with van der Waals surface area (Å²) >= 11 is 0. The number of benzene rings is 2. The van der Waals surface area contributed by atoms with Crippen LogP contribution in [0.5, 0.6) is 0 Å². The third-order valence-corrected chi connectivity index (χ3v) is 5.26. The second-order valence-corrected chi connectivity index (χ2v) is 7.12. The molecule has 0 aromatic heterocycles. The molecule has 0 saturated heterocycles. The van der Waals surface area contributed by atoms with E-state index < -0.39 is 16.1 Å². The monoisotopic (exact) mass is 337 g/mol. The van der Waals surface area contributed by atoms with Crippen LogP contribution in [0.15, 0.2) is 59.5 Å². The molecule has 24 heavy (non-hydrogen) atoms. The Kier molecular flexibility index (Phi) is 5.68. The second kappa shape index (κ2) is 7.73. The first-order chi connectivity index (χ1) is 11.5. The van der Waals surface area contributed by atoms with Crippen molar-refractivity contribution in [3.63, 3.8) is 0 Å². The molecule has 0 saturated carbocycles. The number of aryl methyl sites for hydroxylation is 1. The highest BCUT2D eigenvalue weighted by Gasteiger charge is 2.27. The molecule has 4 heteroatoms. The lowest BCUT2D eigenvalue weighted by atomic mass is 10.2. The minimum absolute atomic E-state index is 0.184. The van der Waals surface area contributed by atoms with Gasteiger partial charge in [-0.05, 0) is 43.5 Å². The van der Waals surface area contributed by atoms with Crippen molar-refractivity contribution in [1.82, 2.24) is 4.31 Å². The number of terminal acetylenes is 1. The Morgan fingerprint density at radius 2 is 1.71 bits per heavy atom. The van der Waals surface area contributed by atoms with Crippen LogP contribution in [-0.2, 0) is 10.0 Å². The summed E-state index contributed by atoms with van der Waals surface area (Å²) < 4.78 is 27.0. The molecule has 0 spiro atoms. The Hall–Kier alpha value is -2.69. The van der Waals surface area contributed by atoms with Crippen molar-refractivity contribution in [3.05, 3.63) is 65.7 Å². The largest absolute Gasteiger partial charge is 0.272 e. The zero-order valence-corrected chi connectivity index (χ0v) is 14.5. The maximum absolute atomic E-state index is 13.0. The van der Waals surface area contributed by atoms with Crippen LogP contribution in [0.4, 0.5) is 0 Å². The zero-order valence-electron chi connectivity index (χ0n) is 13.7. The molecule has 2 aromatic rings. The van der Waals surface area contributed by atoms with Crippen LogP contribution in [0, 0.1) is 31.2 Å². The number of sulfonamides is 1. The van der Waals surface area contributed by atoms with Crippen LogP contribution in [0.1, 0.15) is 24.5 Å². The highest BCUT2D eigenvalue weighted by molar-refractivity contribution is 7.89. The van der Waals surface area contributed by atoms with E-state index in [4.69, 9.17) is 6.42 Å². The summed E-state index contributed by atoms with van der Waals surface area (Å²) in [6.45, 7) is 3.74. The van der Waals surface area contributed by atoms with Crippen molar-refractivity contribution in [3.8, 4) is 24.3 Å². The van der Waals surface area contributed by atoms with E-state index in [0.717, 1.165) is 15.4 Å². The molecular weight excluding hydrogens is 318 g/mol. The van der Waals surface area contributed by atoms with Gasteiger partial charge in [-0.15, -0.1) is 6.42 Å². The summed E-state index contributed by atoms with van der Waals surface area (Å²) in [5.41, 5.74) is 1.72. The molecule has 0 aliphatic rings. The molecule has 0 N–H and O–H groups in total. The minimum atomic E-state index is -3.79. The van der Waals surface area contributed by atoms with E-state index in [9.17, 15) is 8.42 Å². The quantitative estimate of drug-likeness (QED) is 0.633. The zero-order chi connectivity index (χ0) is 17.6. The summed E-state index contributed by atoms with van der Waals surface area (Å²) in [6.07, 6.45) is 6.01. The summed E-state index contributed by atoms with van der Waals surface area (Å²) in [5.74, 6) is 5.40. The normalized spacial score (nSPS) is 11.7. The van der Waals surface area contributed by atoms with E-state index >= 15 is 0 Å². The van der Waals surface area contributed by atoms with Gasteiger partial charge in [0.15, 0.2) is 0 Å². The molecule has 0 amide bonds. The minimum Gasteiger partial charge on any atom is -0.209 e. The summed E-state index contributed by atoms with van der Waals surface area (Å²) in [6, 6.07) is 18.0. The van der Waals surface area contributed by atoms with Crippen LogP contribution in [-0.4, -0.2) is 18.8 Å². The highest BCUT2D eigenvalue weighted by atomic mass is 32.2. The van der Waals surface area contributed by atoms with Gasteiger partial charge in [-0.25, -0.2) is 12.7 Å². The van der Waals surface area contributed by atoms with Gasteiger partial charge in [-0.2, -0.15) is 0 Å². The highest BCUT2D eigenvalue weighted by Crippen LogP contribution is 2.19. The molecule has 0 fully saturated rings. The Morgan fingerprint density at radius 3 is 2.25 bits per heavy atom. The lowest BCUT2D eigenvalue weighted by molar-refractivity contribution is 0.464. The van der Waals surface area contributed by atoms with Crippen LogP contribution in [0.3, 0.4) is 0 Å². The summed E-state index contributed by atoms with van der Waals surface area (Å²) in [7, 11) is -3.79. The van der Waals surface area contributed by atoms with Gasteiger partial charge in [0.05, 0.1) is 4.90 Å². The number of nitrogens with zero attached hydrogens (tertiary/aromatic N) is 1. The SMILES string of the molecule is C#CC(CC)N(C#Cc1ccccc1)S(=O)(=O)c1ccc(C)cc1. The van der Waals surface area contributed by atoms with Gasteiger partial charge in [-0.3, -0.25) is 0 Å². The average molecular weight is 337 g/mol. The molecule has 0 aliphatic carbocycles. The number of hydrogen-bond acceptors (Lipinski definition) is 2. The smallest absolute Gasteiger partial charge is 0.209 e. The lowest BCUT2D eigenvalue weighted by Crippen LogP contribution is -2.35. The molecule has 0 bridgehead atoms. The third-order valence-electron chi connectivity index (χ3n) is 3.52. The molecule has 0 heterocycles. The molecule has 2 aromatic carbocycles. The van der Waals surface area contributed by atoms with Crippen molar-refractivity contribution in [1.29, 1.82) is 0 Å². The van der Waals surface area contributed by atoms with E-state index in [2.05, 4.69) is 17.9 Å².